The van der Waals surface area contributed by atoms with E-state index in [4.69, 9.17) is 8.74 Å². The Kier molecular flexibility index (Phi) is 8.18. The van der Waals surface area contributed by atoms with Crippen LogP contribution in [-0.4, -0.2) is 41.9 Å². The summed E-state index contributed by atoms with van der Waals surface area (Å²) < 4.78 is 35.9. The van der Waals surface area contributed by atoms with E-state index in [0.29, 0.717) is 59.4 Å². The van der Waals surface area contributed by atoms with E-state index >= 15 is 0 Å². The Morgan fingerprint density at radius 1 is 0.652 bits per heavy atom. The van der Waals surface area contributed by atoms with Gasteiger partial charge in [0.2, 0.25) is 0 Å². The molecule has 7 nitrogen and oxygen atoms in total. The highest BCUT2D eigenvalue weighted by atomic mass is 32.3. The summed E-state index contributed by atoms with van der Waals surface area (Å²) in [6.45, 7) is 9.19. The van der Waals surface area contributed by atoms with Gasteiger partial charge in [-0.1, -0.05) is 51.0 Å². The van der Waals surface area contributed by atoms with E-state index in [2.05, 4.69) is 39.8 Å². The number of hydrogen-bond donors (Lipinski definition) is 2. The molecule has 8 heteroatoms. The van der Waals surface area contributed by atoms with Crippen LogP contribution in [0.25, 0.3) is 0 Å². The summed E-state index contributed by atoms with van der Waals surface area (Å²) in [6, 6.07) is 0. The predicted octanol–water partition coefficient (Wildman–Crippen LogP) is 7.59. The largest absolute Gasteiger partial charge is 0.397 e. The van der Waals surface area contributed by atoms with Crippen molar-refractivity contribution in [2.24, 2.45) is 57.2 Å². The summed E-state index contributed by atoms with van der Waals surface area (Å²) >= 11 is 0. The fourth-order valence-corrected chi connectivity index (χ4v) is 13.6. The third kappa shape index (κ3) is 5.17. The van der Waals surface area contributed by atoms with Gasteiger partial charge in [0.05, 0.1) is 12.2 Å². The Bertz CT molecular complexity index is 1450. The lowest BCUT2D eigenvalue weighted by Crippen LogP contribution is -2.50. The number of ketones is 2. The zero-order valence-corrected chi connectivity index (χ0v) is 29.2. The predicted molar refractivity (Wildman–Crippen MR) is 176 cm³/mol. The first-order chi connectivity index (χ1) is 21.6. The molecule has 2 N–H and O–H groups in total. The number of allylic oxidation sites excluding steroid dienone is 2. The second-order valence-corrected chi connectivity index (χ2v) is 18.7. The average molecular weight is 657 g/mol. The van der Waals surface area contributed by atoms with Gasteiger partial charge in [-0.3, -0.25) is 14.1 Å². The molecule has 0 heterocycles. The third-order valence-electron chi connectivity index (χ3n) is 15.8. The quantitative estimate of drug-likeness (QED) is 0.232. The highest BCUT2D eigenvalue weighted by Gasteiger charge is 2.60. The highest BCUT2D eigenvalue weighted by Crippen LogP contribution is 2.65. The molecule has 46 heavy (non-hydrogen) atoms. The lowest BCUT2D eigenvalue weighted by atomic mass is 9.48. The topological polar surface area (TPSA) is 118 Å². The van der Waals surface area contributed by atoms with Crippen molar-refractivity contribution in [1.29, 1.82) is 0 Å². The van der Waals surface area contributed by atoms with Gasteiger partial charge < -0.3 is 5.11 Å². The molecule has 8 aliphatic carbocycles. The minimum Gasteiger partial charge on any atom is -0.393 e. The number of carbonyl (C=O) groups excluding carboxylic acids is 2. The fraction of sp³-hybridized carbons (Fsp3) is 0.842. The molecule has 12 atom stereocenters. The standard InChI is InChI=1S/C19H28O5S.C19H28O2/c1-18-9-7-13(24-25(21,22)23)11-12(18)3-4-14-15-5-6-17(20)19(15,2)10-8-16(14)18;1-18-9-7-13(20)11-12(18)3-4-14-15-5-6-17(21)19(15,2)10-8-16(14)18/h3,13-16H,4-11H2,1-2H3,(H,21,22,23);3,13-16,20H,4-11H2,1-2H3/t2*13-,14-,15-,16-,18-,19-/m00/s1. The normalized spacial score (nSPS) is 49.5. The summed E-state index contributed by atoms with van der Waals surface area (Å²) in [5, 5.41) is 10.00. The Morgan fingerprint density at radius 2 is 1.09 bits per heavy atom. The van der Waals surface area contributed by atoms with Gasteiger partial charge in [0.15, 0.2) is 0 Å². The number of rotatable bonds is 2. The smallest absolute Gasteiger partial charge is 0.393 e. The van der Waals surface area contributed by atoms with E-state index in [1.54, 1.807) is 0 Å². The van der Waals surface area contributed by atoms with Gasteiger partial charge in [0, 0.05) is 23.7 Å². The van der Waals surface area contributed by atoms with E-state index in [-0.39, 0.29) is 22.3 Å². The van der Waals surface area contributed by atoms with Gasteiger partial charge in [-0.2, -0.15) is 8.42 Å². The second-order valence-electron chi connectivity index (χ2n) is 17.6. The molecule has 0 aromatic carbocycles. The molecule has 256 valence electrons. The number of Topliss-reactive ketones (excluding diaryl/α,β-unsaturated/α-hetero) is 2. The maximum absolute atomic E-state index is 12.4. The lowest BCUT2D eigenvalue weighted by Gasteiger charge is -2.56. The van der Waals surface area contributed by atoms with Gasteiger partial charge >= 0.3 is 10.4 Å². The summed E-state index contributed by atoms with van der Waals surface area (Å²) in [7, 11) is -4.40. The molecule has 0 aromatic rings. The average Bonchev–Trinajstić information content (AvgIpc) is 3.47. The molecule has 0 saturated heterocycles. The lowest BCUT2D eigenvalue weighted by molar-refractivity contribution is -0.132. The van der Waals surface area contributed by atoms with Crippen molar-refractivity contribution in [2.45, 2.75) is 143 Å². The van der Waals surface area contributed by atoms with Gasteiger partial charge in [-0.05, 0) is 136 Å². The maximum Gasteiger partial charge on any atom is 0.397 e. The number of aliphatic hydroxyl groups excluding tert-OH is 1. The molecule has 0 unspecified atom stereocenters. The Balaban J connectivity index is 0.000000149. The maximum atomic E-state index is 12.4. The molecule has 0 aliphatic heterocycles. The van der Waals surface area contributed by atoms with Crippen LogP contribution in [0.1, 0.15) is 130 Å². The highest BCUT2D eigenvalue weighted by molar-refractivity contribution is 7.80. The van der Waals surface area contributed by atoms with Crippen molar-refractivity contribution >= 4 is 22.0 Å². The van der Waals surface area contributed by atoms with Crippen molar-refractivity contribution < 1.29 is 31.8 Å². The van der Waals surface area contributed by atoms with Crippen LogP contribution in [0.2, 0.25) is 0 Å². The van der Waals surface area contributed by atoms with Gasteiger partial charge in [-0.15, -0.1) is 0 Å². The second kappa shape index (κ2) is 11.3. The van der Waals surface area contributed by atoms with Gasteiger partial charge in [-0.25, -0.2) is 4.18 Å². The first kappa shape index (κ1) is 33.2. The Labute approximate surface area is 276 Å². The van der Waals surface area contributed by atoms with Crippen molar-refractivity contribution in [1.82, 2.24) is 0 Å². The molecule has 6 saturated carbocycles. The van der Waals surface area contributed by atoms with Crippen LogP contribution < -0.4 is 0 Å². The molecule has 8 rings (SSSR count). The van der Waals surface area contributed by atoms with Crippen molar-refractivity contribution in [3.8, 4) is 0 Å². The Hall–Kier alpha value is -1.35. The molecular formula is C38H56O7S. The van der Waals surface area contributed by atoms with Crippen LogP contribution in [0, 0.1) is 57.2 Å². The van der Waals surface area contributed by atoms with Crippen LogP contribution in [-0.2, 0) is 24.2 Å². The van der Waals surface area contributed by atoms with Gasteiger partial charge in [0.1, 0.15) is 11.6 Å². The SMILES string of the molecule is C[C@]12CC[C@H](O)CC1=CC[C@@H]1[C@@H]2CC[C@]2(C)C(=O)CC[C@@H]12.C[C@]12CC[C@H](OS(=O)(=O)O)CC1=CC[C@@H]1[C@@H]2CC[C@]2(C)C(=O)CC[C@@H]12. The molecule has 0 radical (unpaired) electrons. The number of aliphatic hydroxyl groups is 1. The van der Waals surface area contributed by atoms with Crippen LogP contribution in [0.4, 0.5) is 0 Å². The van der Waals surface area contributed by atoms with E-state index < -0.39 is 16.5 Å². The van der Waals surface area contributed by atoms with Crippen LogP contribution in [0.5, 0.6) is 0 Å². The zero-order valence-electron chi connectivity index (χ0n) is 28.4. The first-order valence-corrected chi connectivity index (χ1v) is 19.7. The van der Waals surface area contributed by atoms with E-state index in [1.165, 1.54) is 17.6 Å². The summed E-state index contributed by atoms with van der Waals surface area (Å²) in [4.78, 5) is 24.8. The van der Waals surface area contributed by atoms with Crippen LogP contribution in [0.15, 0.2) is 23.3 Å². The molecule has 8 aliphatic rings. The van der Waals surface area contributed by atoms with Gasteiger partial charge in [0.25, 0.3) is 0 Å². The molecule has 0 amide bonds. The van der Waals surface area contributed by atoms with E-state index in [0.717, 1.165) is 89.4 Å². The number of hydrogen-bond acceptors (Lipinski definition) is 6. The first-order valence-electron chi connectivity index (χ1n) is 18.4. The van der Waals surface area contributed by atoms with Crippen LogP contribution in [0.3, 0.4) is 0 Å². The summed E-state index contributed by atoms with van der Waals surface area (Å²) in [6.07, 6.45) is 19.5. The summed E-state index contributed by atoms with van der Waals surface area (Å²) in [5.41, 5.74) is 3.06. The minimum absolute atomic E-state index is 0.0168. The summed E-state index contributed by atoms with van der Waals surface area (Å²) in [5.74, 6) is 4.70. The molecule has 0 bridgehead atoms. The molecular weight excluding hydrogens is 600 g/mol. The monoisotopic (exact) mass is 656 g/mol. The van der Waals surface area contributed by atoms with E-state index in [1.807, 2.05) is 0 Å². The number of carbonyl (C=O) groups is 2. The molecule has 6 fully saturated rings. The van der Waals surface area contributed by atoms with Crippen molar-refractivity contribution in [2.75, 3.05) is 0 Å². The molecule has 0 aromatic heterocycles. The van der Waals surface area contributed by atoms with Crippen molar-refractivity contribution in [3.05, 3.63) is 23.3 Å². The van der Waals surface area contributed by atoms with E-state index in [9.17, 15) is 23.1 Å². The zero-order chi connectivity index (χ0) is 32.9. The van der Waals surface area contributed by atoms with Crippen molar-refractivity contribution in [3.63, 3.8) is 0 Å². The Morgan fingerprint density at radius 3 is 1.59 bits per heavy atom. The fourth-order valence-electron chi connectivity index (χ4n) is 13.1. The third-order valence-corrected chi connectivity index (χ3v) is 16.3. The minimum atomic E-state index is -4.40. The van der Waals surface area contributed by atoms with Crippen LogP contribution >= 0.6 is 0 Å². The number of fused-ring (bicyclic) bond motifs is 10. The molecule has 0 spiro atoms.